The molecule has 2 amide bonds. The smallest absolute Gasteiger partial charge is 0.272 e. The van der Waals surface area contributed by atoms with Crippen molar-refractivity contribution in [3.8, 4) is 11.4 Å². The predicted molar refractivity (Wildman–Crippen MR) is 97.0 cm³/mol. The van der Waals surface area contributed by atoms with Crippen LogP contribution in [0, 0.1) is 5.82 Å². The zero-order valence-electron chi connectivity index (χ0n) is 14.2. The second-order valence-electron chi connectivity index (χ2n) is 5.37. The van der Waals surface area contributed by atoms with Crippen molar-refractivity contribution in [3.05, 3.63) is 60.2 Å². The maximum absolute atomic E-state index is 13.5. The molecule has 0 spiro atoms. The highest BCUT2D eigenvalue weighted by atomic mass is 32.2. The number of aromatic nitrogens is 4. The monoisotopic (exact) mass is 386 g/mol. The van der Waals surface area contributed by atoms with Crippen LogP contribution in [-0.4, -0.2) is 37.3 Å². The molecule has 10 heteroatoms. The summed E-state index contributed by atoms with van der Waals surface area (Å²) in [6.45, 7) is 0. The average molecular weight is 386 g/mol. The highest BCUT2D eigenvalue weighted by molar-refractivity contribution is 7.99. The molecule has 2 heterocycles. The molecule has 138 valence electrons. The van der Waals surface area contributed by atoms with Gasteiger partial charge in [0.05, 0.1) is 11.3 Å². The van der Waals surface area contributed by atoms with Gasteiger partial charge in [-0.2, -0.15) is 0 Å². The number of hydrogen-bond acceptors (Lipinski definition) is 6. The van der Waals surface area contributed by atoms with Gasteiger partial charge in [0.1, 0.15) is 5.82 Å². The van der Waals surface area contributed by atoms with Crippen molar-refractivity contribution in [3.63, 3.8) is 0 Å². The van der Waals surface area contributed by atoms with Gasteiger partial charge in [0.2, 0.25) is 5.91 Å². The lowest BCUT2D eigenvalue weighted by Gasteiger charge is -2.08. The Morgan fingerprint density at radius 1 is 1.11 bits per heavy atom. The Labute approximate surface area is 158 Å². The first-order valence-corrected chi connectivity index (χ1v) is 8.81. The van der Waals surface area contributed by atoms with E-state index in [2.05, 4.69) is 26.0 Å². The molecule has 2 aromatic heterocycles. The van der Waals surface area contributed by atoms with Crippen LogP contribution in [0.1, 0.15) is 10.4 Å². The Morgan fingerprint density at radius 2 is 1.85 bits per heavy atom. The second kappa shape index (κ2) is 8.41. The van der Waals surface area contributed by atoms with Gasteiger partial charge in [0, 0.05) is 25.0 Å². The van der Waals surface area contributed by atoms with Crippen molar-refractivity contribution in [1.29, 1.82) is 0 Å². The summed E-state index contributed by atoms with van der Waals surface area (Å²) in [7, 11) is 1.79. The molecule has 0 bridgehead atoms. The van der Waals surface area contributed by atoms with Crippen molar-refractivity contribution in [2.75, 3.05) is 5.75 Å². The van der Waals surface area contributed by atoms with E-state index in [9.17, 15) is 14.0 Å². The zero-order chi connectivity index (χ0) is 19.2. The van der Waals surface area contributed by atoms with Crippen molar-refractivity contribution in [2.24, 2.45) is 7.05 Å². The van der Waals surface area contributed by atoms with E-state index < -0.39 is 17.6 Å². The van der Waals surface area contributed by atoms with Crippen LogP contribution < -0.4 is 10.9 Å². The quantitative estimate of drug-likeness (QED) is 0.510. The summed E-state index contributed by atoms with van der Waals surface area (Å²) in [5.74, 6) is -1.21. The zero-order valence-corrected chi connectivity index (χ0v) is 15.0. The number of pyridine rings is 1. The Morgan fingerprint density at radius 3 is 2.59 bits per heavy atom. The van der Waals surface area contributed by atoms with E-state index in [1.165, 1.54) is 24.3 Å². The van der Waals surface area contributed by atoms with Crippen LogP contribution in [0.15, 0.2) is 53.9 Å². The average Bonchev–Trinajstić information content (AvgIpc) is 3.06. The summed E-state index contributed by atoms with van der Waals surface area (Å²) >= 11 is 1.16. The van der Waals surface area contributed by atoms with Crippen LogP contribution in [0.25, 0.3) is 11.4 Å². The highest BCUT2D eigenvalue weighted by Gasteiger charge is 2.14. The molecule has 1 aromatic carbocycles. The molecule has 2 N–H and O–H groups in total. The SMILES string of the molecule is Cn1c(SCC(=O)NNC(=O)c2ccccc2F)nnc1-c1ccncc1. The Bertz CT molecular complexity index is 963. The maximum Gasteiger partial charge on any atom is 0.272 e. The van der Waals surface area contributed by atoms with Crippen LogP contribution in [0.5, 0.6) is 0 Å². The van der Waals surface area contributed by atoms with Crippen molar-refractivity contribution < 1.29 is 14.0 Å². The minimum absolute atomic E-state index is 0.000129. The van der Waals surface area contributed by atoms with E-state index in [0.717, 1.165) is 17.3 Å². The molecular weight excluding hydrogens is 371 g/mol. The first-order chi connectivity index (χ1) is 13.1. The lowest BCUT2D eigenvalue weighted by molar-refractivity contribution is -0.119. The van der Waals surface area contributed by atoms with Gasteiger partial charge in [0.15, 0.2) is 11.0 Å². The lowest BCUT2D eigenvalue weighted by atomic mass is 10.2. The molecule has 0 unspecified atom stereocenters. The summed E-state index contributed by atoms with van der Waals surface area (Å²) in [6, 6.07) is 9.12. The van der Waals surface area contributed by atoms with Gasteiger partial charge in [-0.1, -0.05) is 23.9 Å². The summed E-state index contributed by atoms with van der Waals surface area (Å²) in [5, 5.41) is 8.71. The van der Waals surface area contributed by atoms with E-state index in [1.807, 2.05) is 12.1 Å². The number of benzene rings is 1. The lowest BCUT2D eigenvalue weighted by Crippen LogP contribution is -2.42. The third kappa shape index (κ3) is 4.47. The molecule has 0 fully saturated rings. The number of amides is 2. The maximum atomic E-state index is 13.5. The van der Waals surface area contributed by atoms with Crippen LogP contribution in [-0.2, 0) is 11.8 Å². The normalized spacial score (nSPS) is 10.4. The summed E-state index contributed by atoms with van der Waals surface area (Å²) in [6.07, 6.45) is 3.31. The molecule has 0 aliphatic carbocycles. The number of hydrazine groups is 1. The van der Waals surface area contributed by atoms with Gasteiger partial charge in [-0.05, 0) is 24.3 Å². The fourth-order valence-corrected chi connectivity index (χ4v) is 2.91. The molecule has 0 aliphatic rings. The molecule has 3 rings (SSSR count). The molecule has 3 aromatic rings. The molecule has 0 saturated carbocycles. The minimum atomic E-state index is -0.731. The number of carbonyl (C=O) groups excluding carboxylic acids is 2. The first-order valence-electron chi connectivity index (χ1n) is 7.82. The van der Waals surface area contributed by atoms with Gasteiger partial charge in [0.25, 0.3) is 5.91 Å². The minimum Gasteiger partial charge on any atom is -0.305 e. The standard InChI is InChI=1S/C17H15FN6O2S/c1-24-15(11-6-8-19-9-7-11)21-23-17(24)27-10-14(25)20-22-16(26)12-4-2-3-5-13(12)18/h2-9H,10H2,1H3,(H,20,25)(H,22,26). The van der Waals surface area contributed by atoms with Crippen LogP contribution in [0.4, 0.5) is 4.39 Å². The van der Waals surface area contributed by atoms with Crippen LogP contribution >= 0.6 is 11.8 Å². The van der Waals surface area contributed by atoms with E-state index in [0.29, 0.717) is 11.0 Å². The second-order valence-corrected chi connectivity index (χ2v) is 6.31. The largest absolute Gasteiger partial charge is 0.305 e. The molecule has 27 heavy (non-hydrogen) atoms. The van der Waals surface area contributed by atoms with Crippen molar-refractivity contribution in [2.45, 2.75) is 5.16 Å². The van der Waals surface area contributed by atoms with E-state index in [4.69, 9.17) is 0 Å². The van der Waals surface area contributed by atoms with Crippen molar-refractivity contribution in [1.82, 2.24) is 30.6 Å². The molecule has 0 saturated heterocycles. The third-order valence-corrected chi connectivity index (χ3v) is 4.56. The van der Waals surface area contributed by atoms with Gasteiger partial charge < -0.3 is 4.57 Å². The van der Waals surface area contributed by atoms with E-state index in [-0.39, 0.29) is 11.3 Å². The Kier molecular flexibility index (Phi) is 5.77. The van der Waals surface area contributed by atoms with Gasteiger partial charge in [-0.3, -0.25) is 25.4 Å². The topological polar surface area (TPSA) is 102 Å². The summed E-state index contributed by atoms with van der Waals surface area (Å²) < 4.78 is 15.3. The summed E-state index contributed by atoms with van der Waals surface area (Å²) in [5.41, 5.74) is 5.13. The Hall–Kier alpha value is -3.27. The molecule has 8 nitrogen and oxygen atoms in total. The molecular formula is C17H15FN6O2S. The van der Waals surface area contributed by atoms with E-state index >= 15 is 0 Å². The molecule has 0 atom stereocenters. The first kappa shape index (κ1) is 18.5. The number of hydrogen-bond donors (Lipinski definition) is 2. The number of carbonyl (C=O) groups is 2. The molecule has 0 radical (unpaired) electrons. The predicted octanol–water partition coefficient (Wildman–Crippen LogP) is 1.57. The van der Waals surface area contributed by atoms with E-state index in [1.54, 1.807) is 24.0 Å². The summed E-state index contributed by atoms with van der Waals surface area (Å²) in [4.78, 5) is 27.7. The number of nitrogens with one attached hydrogen (secondary N) is 2. The van der Waals surface area contributed by atoms with Gasteiger partial charge in [-0.15, -0.1) is 10.2 Å². The van der Waals surface area contributed by atoms with Crippen molar-refractivity contribution >= 4 is 23.6 Å². The number of thioether (sulfide) groups is 1. The van der Waals surface area contributed by atoms with Gasteiger partial charge in [-0.25, -0.2) is 4.39 Å². The van der Waals surface area contributed by atoms with Crippen LogP contribution in [0.2, 0.25) is 0 Å². The number of nitrogens with zero attached hydrogens (tertiary/aromatic N) is 4. The number of halogens is 1. The fourth-order valence-electron chi connectivity index (χ4n) is 2.20. The Balaban J connectivity index is 1.53. The van der Waals surface area contributed by atoms with Gasteiger partial charge >= 0.3 is 0 Å². The fraction of sp³-hybridized carbons (Fsp3) is 0.118. The molecule has 0 aliphatic heterocycles. The highest BCUT2D eigenvalue weighted by Crippen LogP contribution is 2.21. The third-order valence-electron chi connectivity index (χ3n) is 3.54. The van der Waals surface area contributed by atoms with Crippen LogP contribution in [0.3, 0.4) is 0 Å². The number of rotatable bonds is 5.